The number of carbonyl (C=O) groups excluding carboxylic acids is 1. The van der Waals surface area contributed by atoms with Crippen LogP contribution in [0.2, 0.25) is 0 Å². The van der Waals surface area contributed by atoms with Gasteiger partial charge in [0.25, 0.3) is 0 Å². The zero-order valence-corrected chi connectivity index (χ0v) is 20.4. The Morgan fingerprint density at radius 3 is 2.65 bits per heavy atom. The van der Waals surface area contributed by atoms with Crippen molar-refractivity contribution in [2.24, 2.45) is 4.99 Å². The molecule has 0 spiro atoms. The van der Waals surface area contributed by atoms with Gasteiger partial charge in [0.15, 0.2) is 5.96 Å². The van der Waals surface area contributed by atoms with Gasteiger partial charge in [0, 0.05) is 39.4 Å². The van der Waals surface area contributed by atoms with Crippen molar-refractivity contribution in [2.45, 2.75) is 45.0 Å². The number of hydrogen-bond donors (Lipinski definition) is 3. The molecule has 2 heterocycles. The average Bonchev–Trinajstić information content (AvgIpc) is 3.07. The highest BCUT2D eigenvalue weighted by molar-refractivity contribution is 14.0. The number of hydrogen-bond acceptors (Lipinski definition) is 5. The monoisotopic (exact) mass is 558 g/mol. The molecule has 1 aliphatic rings. The predicted octanol–water partition coefficient (Wildman–Crippen LogP) is 3.30. The van der Waals surface area contributed by atoms with E-state index in [9.17, 15) is 18.0 Å². The van der Waals surface area contributed by atoms with E-state index in [1.165, 1.54) is 12.3 Å². The Bertz CT molecular complexity index is 755. The van der Waals surface area contributed by atoms with Gasteiger partial charge >= 0.3 is 12.3 Å². The summed E-state index contributed by atoms with van der Waals surface area (Å²) in [6.45, 7) is 7.23. The number of ether oxygens (including phenoxy) is 1. The van der Waals surface area contributed by atoms with Gasteiger partial charge in [-0.05, 0) is 39.3 Å². The number of alkyl halides is 3. The lowest BCUT2D eigenvalue weighted by molar-refractivity contribution is -0.137. The molecule has 8 nitrogen and oxygen atoms in total. The first-order chi connectivity index (χ1) is 14.0. The molecule has 0 aliphatic carbocycles. The summed E-state index contributed by atoms with van der Waals surface area (Å²) in [4.78, 5) is 21.9. The predicted molar refractivity (Wildman–Crippen MR) is 124 cm³/mol. The van der Waals surface area contributed by atoms with Crippen LogP contribution in [0, 0.1) is 0 Å². The summed E-state index contributed by atoms with van der Waals surface area (Å²) in [6, 6.07) is 2.17. The van der Waals surface area contributed by atoms with Crippen LogP contribution in [-0.2, 0) is 10.9 Å². The number of rotatable bonds is 5. The number of amides is 1. The molecule has 0 saturated carbocycles. The Labute approximate surface area is 197 Å². The number of nitrogens with zero attached hydrogens (tertiary/aromatic N) is 3. The van der Waals surface area contributed by atoms with E-state index in [0.29, 0.717) is 25.6 Å². The second-order valence-electron chi connectivity index (χ2n) is 7.88. The molecule has 1 atom stereocenters. The van der Waals surface area contributed by atoms with Gasteiger partial charge in [0.05, 0.1) is 11.6 Å². The van der Waals surface area contributed by atoms with E-state index in [1.807, 2.05) is 4.90 Å². The molecule has 1 saturated heterocycles. The number of halogens is 4. The normalized spacial score (nSPS) is 17.1. The van der Waals surface area contributed by atoms with Gasteiger partial charge in [-0.25, -0.2) is 9.78 Å². The molecule has 1 amide bonds. The molecule has 1 aromatic heterocycles. The van der Waals surface area contributed by atoms with Gasteiger partial charge in [0.1, 0.15) is 11.4 Å². The first-order valence-corrected chi connectivity index (χ1v) is 9.71. The molecule has 0 radical (unpaired) electrons. The Kier molecular flexibility index (Phi) is 10.1. The number of guanidine groups is 1. The largest absolute Gasteiger partial charge is 0.444 e. The Balaban J connectivity index is 0.00000480. The number of aromatic nitrogens is 1. The van der Waals surface area contributed by atoms with Crippen LogP contribution in [0.1, 0.15) is 32.8 Å². The maximum atomic E-state index is 13.0. The Morgan fingerprint density at radius 1 is 1.32 bits per heavy atom. The smallest absolute Gasteiger partial charge is 0.419 e. The molecule has 1 fully saturated rings. The van der Waals surface area contributed by atoms with Crippen LogP contribution in [0.4, 0.5) is 23.8 Å². The number of alkyl carbamates (subject to hydrolysis) is 1. The quantitative estimate of drug-likeness (QED) is 0.223. The van der Waals surface area contributed by atoms with Crippen LogP contribution in [-0.4, -0.2) is 66.8 Å². The maximum absolute atomic E-state index is 13.0. The van der Waals surface area contributed by atoms with Gasteiger partial charge in [-0.15, -0.1) is 24.0 Å². The molecule has 176 valence electrons. The van der Waals surface area contributed by atoms with Crippen molar-refractivity contribution in [3.63, 3.8) is 0 Å². The van der Waals surface area contributed by atoms with Crippen LogP contribution < -0.4 is 16.0 Å². The van der Waals surface area contributed by atoms with Crippen LogP contribution >= 0.6 is 24.0 Å². The lowest BCUT2D eigenvalue weighted by atomic mass is 10.2. The summed E-state index contributed by atoms with van der Waals surface area (Å²) in [6.07, 6.45) is -2.88. The summed E-state index contributed by atoms with van der Waals surface area (Å²) < 4.78 is 44.3. The fraction of sp³-hybridized carbons (Fsp3) is 0.632. The zero-order chi connectivity index (χ0) is 22.4. The number of anilines is 1. The molecule has 0 bridgehead atoms. The van der Waals surface area contributed by atoms with Gasteiger partial charge < -0.3 is 25.6 Å². The summed E-state index contributed by atoms with van der Waals surface area (Å²) >= 11 is 0. The van der Waals surface area contributed by atoms with Crippen LogP contribution in [0.3, 0.4) is 0 Å². The molecule has 1 unspecified atom stereocenters. The Morgan fingerprint density at radius 2 is 2.03 bits per heavy atom. The standard InChI is InChI=1S/C19H29F3N6O2.HI/c1-18(2,3)30-17(29)27-13-7-11-28(12-13)16(23-4)26-10-9-25-15-14(19(20,21)22)6-5-8-24-15;/h5-6,8,13H,7,9-12H2,1-4H3,(H,23,26)(H,24,25)(H,27,29);1H. The minimum Gasteiger partial charge on any atom is -0.444 e. The second kappa shape index (κ2) is 11.6. The molecule has 0 aromatic carbocycles. The fourth-order valence-electron chi connectivity index (χ4n) is 3.01. The maximum Gasteiger partial charge on any atom is 0.419 e. The molecule has 1 aromatic rings. The topological polar surface area (TPSA) is 90.9 Å². The zero-order valence-electron chi connectivity index (χ0n) is 18.0. The Hall–Kier alpha value is -1.99. The lowest BCUT2D eigenvalue weighted by Crippen LogP contribution is -2.45. The van der Waals surface area contributed by atoms with E-state index < -0.39 is 23.4 Å². The first-order valence-electron chi connectivity index (χ1n) is 9.71. The molecule has 31 heavy (non-hydrogen) atoms. The van der Waals surface area contributed by atoms with Crippen molar-refractivity contribution < 1.29 is 22.7 Å². The molecule has 2 rings (SSSR count). The van der Waals surface area contributed by atoms with E-state index in [0.717, 1.165) is 12.5 Å². The average molecular weight is 558 g/mol. The third-order valence-corrected chi connectivity index (χ3v) is 4.23. The van der Waals surface area contributed by atoms with Crippen LogP contribution in [0.15, 0.2) is 23.3 Å². The third kappa shape index (κ3) is 8.95. The van der Waals surface area contributed by atoms with Crippen molar-refractivity contribution in [1.82, 2.24) is 20.5 Å². The van der Waals surface area contributed by atoms with Gasteiger partial charge in [-0.1, -0.05) is 0 Å². The number of likely N-dealkylation sites (tertiary alicyclic amines) is 1. The van der Waals surface area contributed by atoms with E-state index >= 15 is 0 Å². The second-order valence-corrected chi connectivity index (χ2v) is 7.88. The molecular formula is C19H30F3IN6O2. The number of nitrogens with one attached hydrogen (secondary N) is 3. The van der Waals surface area contributed by atoms with Crippen molar-refractivity contribution in [3.8, 4) is 0 Å². The number of aliphatic imine (C=N–C) groups is 1. The summed E-state index contributed by atoms with van der Waals surface area (Å²) in [7, 11) is 1.63. The van der Waals surface area contributed by atoms with Crippen molar-refractivity contribution in [2.75, 3.05) is 38.5 Å². The van der Waals surface area contributed by atoms with E-state index in [4.69, 9.17) is 4.74 Å². The van der Waals surface area contributed by atoms with Crippen molar-refractivity contribution in [3.05, 3.63) is 23.9 Å². The molecule has 1 aliphatic heterocycles. The van der Waals surface area contributed by atoms with Crippen LogP contribution in [0.5, 0.6) is 0 Å². The van der Waals surface area contributed by atoms with E-state index in [2.05, 4.69) is 25.9 Å². The summed E-state index contributed by atoms with van der Waals surface area (Å²) in [5.41, 5.74) is -1.36. The van der Waals surface area contributed by atoms with E-state index in [-0.39, 0.29) is 42.4 Å². The third-order valence-electron chi connectivity index (χ3n) is 4.23. The van der Waals surface area contributed by atoms with Crippen molar-refractivity contribution in [1.29, 1.82) is 0 Å². The minimum absolute atomic E-state index is 0. The summed E-state index contributed by atoms with van der Waals surface area (Å²) in [5, 5.41) is 8.66. The summed E-state index contributed by atoms with van der Waals surface area (Å²) in [5.74, 6) is 0.409. The van der Waals surface area contributed by atoms with Gasteiger partial charge in [-0.2, -0.15) is 13.2 Å². The molecule has 12 heteroatoms. The van der Waals surface area contributed by atoms with E-state index in [1.54, 1.807) is 27.8 Å². The minimum atomic E-state index is -4.47. The number of pyridine rings is 1. The van der Waals surface area contributed by atoms with Crippen molar-refractivity contribution >= 4 is 41.8 Å². The van der Waals surface area contributed by atoms with Gasteiger partial charge in [0.2, 0.25) is 0 Å². The molecule has 3 N–H and O–H groups in total. The highest BCUT2D eigenvalue weighted by atomic mass is 127. The van der Waals surface area contributed by atoms with Gasteiger partial charge in [-0.3, -0.25) is 4.99 Å². The highest BCUT2D eigenvalue weighted by Crippen LogP contribution is 2.33. The molecular weight excluding hydrogens is 528 g/mol. The first kappa shape index (κ1) is 27.0. The lowest BCUT2D eigenvalue weighted by Gasteiger charge is -2.23. The fourth-order valence-corrected chi connectivity index (χ4v) is 3.01. The number of carbonyl (C=O) groups is 1. The SMILES string of the molecule is CN=C(NCCNc1ncccc1C(F)(F)F)N1CCC(NC(=O)OC(C)(C)C)C1.I. The highest BCUT2D eigenvalue weighted by Gasteiger charge is 2.34. The van der Waals surface area contributed by atoms with Crippen LogP contribution in [0.25, 0.3) is 0 Å².